The second-order valence-electron chi connectivity index (χ2n) is 5.40. The van der Waals surface area contributed by atoms with E-state index in [9.17, 15) is 4.79 Å². The quantitative estimate of drug-likeness (QED) is 0.733. The fraction of sp³-hybridized carbons (Fsp3) is 0.714. The van der Waals surface area contributed by atoms with Crippen molar-refractivity contribution in [3.63, 3.8) is 0 Å². The molecule has 1 N–H and O–H groups in total. The van der Waals surface area contributed by atoms with Gasteiger partial charge in [0.1, 0.15) is 0 Å². The molecular weight excluding hydrogens is 242 g/mol. The first-order valence-electron chi connectivity index (χ1n) is 6.90. The lowest BCUT2D eigenvalue weighted by Crippen LogP contribution is -2.25. The summed E-state index contributed by atoms with van der Waals surface area (Å²) in [4.78, 5) is 11.8. The summed E-state index contributed by atoms with van der Waals surface area (Å²) in [6.07, 6.45) is 2.72. The van der Waals surface area contributed by atoms with E-state index in [0.29, 0.717) is 19.1 Å². The molecule has 5 nitrogen and oxygen atoms in total. The fourth-order valence-electron chi connectivity index (χ4n) is 1.59. The normalized spacial score (nSPS) is 11.3. The van der Waals surface area contributed by atoms with Crippen molar-refractivity contribution in [2.24, 2.45) is 5.92 Å². The zero-order chi connectivity index (χ0) is 14.3. The van der Waals surface area contributed by atoms with Crippen LogP contribution in [0.4, 0.5) is 5.69 Å². The van der Waals surface area contributed by atoms with Gasteiger partial charge in [-0.05, 0) is 26.2 Å². The molecule has 0 saturated heterocycles. The van der Waals surface area contributed by atoms with Crippen LogP contribution in [0, 0.1) is 5.92 Å². The molecule has 0 atom stereocenters. The Morgan fingerprint density at radius 3 is 2.63 bits per heavy atom. The number of rotatable bonds is 8. The van der Waals surface area contributed by atoms with Crippen molar-refractivity contribution in [2.45, 2.75) is 46.7 Å². The minimum Gasteiger partial charge on any atom is -0.381 e. The Labute approximate surface area is 115 Å². The molecule has 0 bridgehead atoms. The van der Waals surface area contributed by atoms with Crippen LogP contribution in [0.2, 0.25) is 0 Å². The Morgan fingerprint density at radius 2 is 2.05 bits per heavy atom. The third-order valence-corrected chi connectivity index (χ3v) is 2.61. The summed E-state index contributed by atoms with van der Waals surface area (Å²) < 4.78 is 6.91. The fourth-order valence-corrected chi connectivity index (χ4v) is 1.59. The maximum Gasteiger partial charge on any atom is 0.268 e. The maximum atomic E-state index is 11.8. The Morgan fingerprint density at radius 1 is 1.32 bits per heavy atom. The van der Waals surface area contributed by atoms with Crippen LogP contribution in [-0.2, 0) is 11.3 Å². The summed E-state index contributed by atoms with van der Waals surface area (Å²) in [6.45, 7) is 10.1. The predicted octanol–water partition coefficient (Wildman–Crippen LogP) is 2.13. The molecule has 0 spiro atoms. The number of nitrogens with zero attached hydrogens (tertiary/aromatic N) is 2. The van der Waals surface area contributed by atoms with E-state index < -0.39 is 0 Å². The Balaban J connectivity index is 2.40. The number of ether oxygens (including phenoxy) is 1. The van der Waals surface area contributed by atoms with Gasteiger partial charge in [-0.1, -0.05) is 13.8 Å². The molecule has 0 aliphatic rings. The van der Waals surface area contributed by atoms with Crippen LogP contribution in [0.5, 0.6) is 0 Å². The summed E-state index contributed by atoms with van der Waals surface area (Å²) in [5.41, 5.74) is 0.662. The highest BCUT2D eigenvalue weighted by Gasteiger charge is 2.01. The summed E-state index contributed by atoms with van der Waals surface area (Å²) in [6, 6.07) is 1.86. The zero-order valence-corrected chi connectivity index (χ0v) is 12.3. The smallest absolute Gasteiger partial charge is 0.268 e. The molecular formula is C14H25N3O2. The van der Waals surface area contributed by atoms with Crippen molar-refractivity contribution in [3.05, 3.63) is 22.6 Å². The lowest BCUT2D eigenvalue weighted by atomic mass is 10.1. The molecule has 0 fully saturated rings. The van der Waals surface area contributed by atoms with Crippen molar-refractivity contribution in [2.75, 3.05) is 18.5 Å². The third kappa shape index (κ3) is 6.38. The molecule has 1 aromatic rings. The van der Waals surface area contributed by atoms with Crippen molar-refractivity contribution in [1.29, 1.82) is 0 Å². The maximum absolute atomic E-state index is 11.8. The van der Waals surface area contributed by atoms with Crippen molar-refractivity contribution >= 4 is 5.69 Å². The molecule has 1 rings (SSSR count). The van der Waals surface area contributed by atoms with Crippen LogP contribution in [-0.4, -0.2) is 29.0 Å². The molecule has 0 aromatic carbocycles. The Bertz CT molecular complexity index is 427. The molecule has 0 aliphatic carbocycles. The highest BCUT2D eigenvalue weighted by atomic mass is 16.5. The summed E-state index contributed by atoms with van der Waals surface area (Å²) >= 11 is 0. The first-order chi connectivity index (χ1) is 8.99. The molecule has 108 valence electrons. The summed E-state index contributed by atoms with van der Waals surface area (Å²) in [5.74, 6) is 0.641. The first kappa shape index (κ1) is 15.7. The van der Waals surface area contributed by atoms with E-state index in [1.54, 1.807) is 12.3 Å². The first-order valence-corrected chi connectivity index (χ1v) is 6.90. The van der Waals surface area contributed by atoms with Crippen LogP contribution in [0.25, 0.3) is 0 Å². The van der Waals surface area contributed by atoms with E-state index in [0.717, 1.165) is 18.7 Å². The average Bonchev–Trinajstić information content (AvgIpc) is 2.30. The molecule has 19 heavy (non-hydrogen) atoms. The van der Waals surface area contributed by atoms with Crippen LogP contribution < -0.4 is 10.9 Å². The summed E-state index contributed by atoms with van der Waals surface area (Å²) in [5, 5.41) is 7.28. The number of hydrogen-bond donors (Lipinski definition) is 1. The minimum atomic E-state index is -0.0990. The van der Waals surface area contributed by atoms with Gasteiger partial charge in [0, 0.05) is 18.7 Å². The van der Waals surface area contributed by atoms with E-state index in [1.165, 1.54) is 4.68 Å². The third-order valence-electron chi connectivity index (χ3n) is 2.61. The van der Waals surface area contributed by atoms with Crippen LogP contribution in [0.15, 0.2) is 17.1 Å². The largest absolute Gasteiger partial charge is 0.381 e. The van der Waals surface area contributed by atoms with Gasteiger partial charge in [-0.25, -0.2) is 4.68 Å². The highest BCUT2D eigenvalue weighted by Crippen LogP contribution is 2.02. The average molecular weight is 267 g/mol. The van der Waals surface area contributed by atoms with Gasteiger partial charge in [0.25, 0.3) is 5.56 Å². The van der Waals surface area contributed by atoms with Gasteiger partial charge in [0.05, 0.1) is 25.0 Å². The van der Waals surface area contributed by atoms with E-state index >= 15 is 0 Å². The number of anilines is 1. The molecule has 0 aliphatic heterocycles. The summed E-state index contributed by atoms with van der Waals surface area (Å²) in [7, 11) is 0. The van der Waals surface area contributed by atoms with E-state index in [4.69, 9.17) is 4.74 Å². The molecule has 0 unspecified atom stereocenters. The number of hydrogen-bond acceptors (Lipinski definition) is 4. The minimum absolute atomic E-state index is 0.0990. The molecule has 0 amide bonds. The lowest BCUT2D eigenvalue weighted by Gasteiger charge is -2.11. The van der Waals surface area contributed by atoms with E-state index in [-0.39, 0.29) is 11.6 Å². The SMILES string of the molecule is CC(C)CCOCCn1ncc(NC(C)C)cc1=O. The second-order valence-corrected chi connectivity index (χ2v) is 5.40. The predicted molar refractivity (Wildman–Crippen MR) is 77.5 cm³/mol. The highest BCUT2D eigenvalue weighted by molar-refractivity contribution is 5.39. The molecule has 0 saturated carbocycles. The van der Waals surface area contributed by atoms with Crippen molar-refractivity contribution < 1.29 is 4.74 Å². The van der Waals surface area contributed by atoms with Crippen molar-refractivity contribution in [3.8, 4) is 0 Å². The lowest BCUT2D eigenvalue weighted by molar-refractivity contribution is 0.113. The van der Waals surface area contributed by atoms with Gasteiger partial charge in [-0.15, -0.1) is 0 Å². The van der Waals surface area contributed by atoms with Crippen LogP contribution >= 0.6 is 0 Å². The van der Waals surface area contributed by atoms with E-state index in [1.807, 2.05) is 13.8 Å². The van der Waals surface area contributed by atoms with Crippen LogP contribution in [0.3, 0.4) is 0 Å². The Hall–Kier alpha value is -1.36. The Kier molecular flexibility index (Phi) is 6.56. The van der Waals surface area contributed by atoms with Gasteiger partial charge in [0.15, 0.2) is 0 Å². The molecule has 5 heteroatoms. The van der Waals surface area contributed by atoms with Gasteiger partial charge in [-0.3, -0.25) is 4.79 Å². The van der Waals surface area contributed by atoms with Crippen molar-refractivity contribution in [1.82, 2.24) is 9.78 Å². The monoisotopic (exact) mass is 267 g/mol. The topological polar surface area (TPSA) is 56.1 Å². The van der Waals surface area contributed by atoms with Gasteiger partial charge >= 0.3 is 0 Å². The zero-order valence-electron chi connectivity index (χ0n) is 12.3. The molecule has 1 heterocycles. The molecule has 1 aromatic heterocycles. The van der Waals surface area contributed by atoms with E-state index in [2.05, 4.69) is 24.3 Å². The number of nitrogens with one attached hydrogen (secondary N) is 1. The van der Waals surface area contributed by atoms with Crippen LogP contribution in [0.1, 0.15) is 34.1 Å². The number of aromatic nitrogens is 2. The van der Waals surface area contributed by atoms with Gasteiger partial charge in [0.2, 0.25) is 0 Å². The van der Waals surface area contributed by atoms with Gasteiger partial charge < -0.3 is 10.1 Å². The van der Waals surface area contributed by atoms with Gasteiger partial charge in [-0.2, -0.15) is 5.10 Å². The standard InChI is InChI=1S/C14H25N3O2/c1-11(2)5-7-19-8-6-17-14(18)9-13(10-15-17)16-12(3)4/h9-12,16H,5-8H2,1-4H3. The molecule has 0 radical (unpaired) electrons. The second kappa shape index (κ2) is 7.94.